The van der Waals surface area contributed by atoms with E-state index in [9.17, 15) is 4.79 Å². The molecule has 122 valence electrons. The lowest BCUT2D eigenvalue weighted by atomic mass is 9.86. The predicted molar refractivity (Wildman–Crippen MR) is 95.3 cm³/mol. The van der Waals surface area contributed by atoms with Gasteiger partial charge in [0.25, 0.3) is 5.91 Å². The predicted octanol–water partition coefficient (Wildman–Crippen LogP) is 2.69. The van der Waals surface area contributed by atoms with Gasteiger partial charge in [-0.25, -0.2) is 0 Å². The Morgan fingerprint density at radius 3 is 2.71 bits per heavy atom. The summed E-state index contributed by atoms with van der Waals surface area (Å²) in [6.07, 6.45) is 0. The van der Waals surface area contributed by atoms with Gasteiger partial charge in [-0.1, -0.05) is 24.3 Å². The number of amides is 1. The topological polar surface area (TPSA) is 64.9 Å². The first-order chi connectivity index (χ1) is 11.3. The van der Waals surface area contributed by atoms with Gasteiger partial charge < -0.3 is 10.6 Å². The van der Waals surface area contributed by atoms with Crippen LogP contribution in [0.15, 0.2) is 42.5 Å². The average Bonchev–Trinajstić information content (AvgIpc) is 3.03. The van der Waals surface area contributed by atoms with Gasteiger partial charge in [0.15, 0.2) is 0 Å². The van der Waals surface area contributed by atoms with Crippen molar-refractivity contribution in [3.8, 4) is 17.2 Å². The number of halogens is 1. The number of nitrogens with zero attached hydrogens (tertiary/aromatic N) is 1. The Labute approximate surface area is 147 Å². The minimum atomic E-state index is 0. The Bertz CT molecular complexity index is 828. The fourth-order valence-electron chi connectivity index (χ4n) is 3.65. The van der Waals surface area contributed by atoms with E-state index in [0.29, 0.717) is 17.4 Å². The van der Waals surface area contributed by atoms with E-state index < -0.39 is 0 Å². The van der Waals surface area contributed by atoms with Gasteiger partial charge in [0.2, 0.25) is 0 Å². The molecule has 2 aliphatic heterocycles. The van der Waals surface area contributed by atoms with Crippen LogP contribution in [0.25, 0.3) is 11.1 Å². The molecule has 2 aliphatic rings. The number of nitriles is 1. The Balaban J connectivity index is 0.00000169. The number of fused-ring (bicyclic) bond motifs is 3. The van der Waals surface area contributed by atoms with Crippen LogP contribution in [0.3, 0.4) is 0 Å². The third-order valence-corrected chi connectivity index (χ3v) is 4.89. The summed E-state index contributed by atoms with van der Waals surface area (Å²) >= 11 is 0. The Kier molecular flexibility index (Phi) is 4.57. The molecule has 0 bridgehead atoms. The van der Waals surface area contributed by atoms with E-state index in [1.807, 2.05) is 24.3 Å². The molecule has 2 N–H and O–H groups in total. The molecule has 5 heteroatoms. The van der Waals surface area contributed by atoms with E-state index >= 15 is 0 Å². The van der Waals surface area contributed by atoms with Crippen LogP contribution in [0.1, 0.15) is 27.4 Å². The Morgan fingerprint density at radius 2 is 1.88 bits per heavy atom. The molecule has 2 aromatic carbocycles. The lowest BCUT2D eigenvalue weighted by molar-refractivity contribution is 0.0952. The summed E-state index contributed by atoms with van der Waals surface area (Å²) in [6, 6.07) is 15.7. The van der Waals surface area contributed by atoms with Crippen molar-refractivity contribution in [2.75, 3.05) is 19.6 Å². The number of hydrogen-bond donors (Lipinski definition) is 2. The van der Waals surface area contributed by atoms with Gasteiger partial charge >= 0.3 is 0 Å². The number of nitrogens with one attached hydrogen (secondary N) is 2. The van der Waals surface area contributed by atoms with E-state index in [-0.39, 0.29) is 18.3 Å². The molecule has 2 atom stereocenters. The molecule has 0 spiro atoms. The third-order valence-electron chi connectivity index (χ3n) is 4.89. The van der Waals surface area contributed by atoms with Crippen LogP contribution in [0.2, 0.25) is 0 Å². The number of rotatable bonds is 1. The second kappa shape index (κ2) is 6.64. The maximum Gasteiger partial charge on any atom is 0.251 e. The summed E-state index contributed by atoms with van der Waals surface area (Å²) in [5, 5.41) is 15.5. The highest BCUT2D eigenvalue weighted by molar-refractivity contribution is 5.97. The largest absolute Gasteiger partial charge is 0.352 e. The van der Waals surface area contributed by atoms with Crippen LogP contribution >= 0.6 is 12.4 Å². The summed E-state index contributed by atoms with van der Waals surface area (Å²) in [5.41, 5.74) is 4.46. The normalized spacial score (nSPS) is 21.5. The zero-order valence-corrected chi connectivity index (χ0v) is 13.9. The van der Waals surface area contributed by atoms with Crippen LogP contribution < -0.4 is 10.6 Å². The standard InChI is InChI=1S/C19H17N3O.ClH/c20-8-12-2-1-3-13(6-12)14-4-5-16-17(7-14)19(23)22-10-15-9-21-11-18(15)16;/h1-7,15,18,21H,9-11H2,(H,22,23);1H/t15-,18+;/m0./s1. The molecule has 4 nitrogen and oxygen atoms in total. The van der Waals surface area contributed by atoms with Gasteiger partial charge in [-0.3, -0.25) is 4.79 Å². The van der Waals surface area contributed by atoms with Crippen LogP contribution in [-0.2, 0) is 0 Å². The highest BCUT2D eigenvalue weighted by Crippen LogP contribution is 2.34. The van der Waals surface area contributed by atoms with Gasteiger partial charge in [-0.15, -0.1) is 12.4 Å². The molecule has 1 fully saturated rings. The highest BCUT2D eigenvalue weighted by atomic mass is 35.5. The lowest BCUT2D eigenvalue weighted by Gasteiger charge is -2.16. The maximum absolute atomic E-state index is 12.5. The number of carbonyl (C=O) groups excluding carboxylic acids is 1. The second-order valence-electron chi connectivity index (χ2n) is 6.23. The highest BCUT2D eigenvalue weighted by Gasteiger charge is 2.34. The van der Waals surface area contributed by atoms with Crippen molar-refractivity contribution in [3.63, 3.8) is 0 Å². The Hall–Kier alpha value is -2.35. The van der Waals surface area contributed by atoms with Crippen molar-refractivity contribution in [1.82, 2.24) is 10.6 Å². The van der Waals surface area contributed by atoms with E-state index in [1.165, 1.54) is 0 Å². The summed E-state index contributed by atoms with van der Waals surface area (Å²) in [7, 11) is 0. The molecule has 1 saturated heterocycles. The average molecular weight is 340 g/mol. The summed E-state index contributed by atoms with van der Waals surface area (Å²) < 4.78 is 0. The van der Waals surface area contributed by atoms with E-state index in [1.54, 1.807) is 6.07 Å². The molecule has 24 heavy (non-hydrogen) atoms. The van der Waals surface area contributed by atoms with Crippen molar-refractivity contribution in [3.05, 3.63) is 59.2 Å². The van der Waals surface area contributed by atoms with Crippen LogP contribution in [0.5, 0.6) is 0 Å². The van der Waals surface area contributed by atoms with Gasteiger partial charge in [0, 0.05) is 31.1 Å². The van der Waals surface area contributed by atoms with Crippen molar-refractivity contribution in [2.24, 2.45) is 5.92 Å². The van der Waals surface area contributed by atoms with E-state index in [0.717, 1.165) is 41.9 Å². The zero-order chi connectivity index (χ0) is 15.8. The van der Waals surface area contributed by atoms with Gasteiger partial charge in [0.05, 0.1) is 11.6 Å². The summed E-state index contributed by atoms with van der Waals surface area (Å²) in [4.78, 5) is 12.5. The first kappa shape index (κ1) is 16.5. The van der Waals surface area contributed by atoms with Gasteiger partial charge in [-0.05, 0) is 40.8 Å². The molecule has 4 rings (SSSR count). The molecule has 0 aromatic heterocycles. The van der Waals surface area contributed by atoms with Crippen molar-refractivity contribution < 1.29 is 4.79 Å². The fourth-order valence-corrected chi connectivity index (χ4v) is 3.65. The molecule has 0 aliphatic carbocycles. The molecular formula is C19H18ClN3O. The molecule has 1 amide bonds. The first-order valence-electron chi connectivity index (χ1n) is 7.89. The van der Waals surface area contributed by atoms with Gasteiger partial charge in [0.1, 0.15) is 0 Å². The number of benzene rings is 2. The van der Waals surface area contributed by atoms with Crippen LogP contribution in [0, 0.1) is 17.2 Å². The number of carbonyl (C=O) groups is 1. The van der Waals surface area contributed by atoms with E-state index in [2.05, 4.69) is 28.8 Å². The zero-order valence-electron chi connectivity index (χ0n) is 13.1. The summed E-state index contributed by atoms with van der Waals surface area (Å²) in [5.74, 6) is 0.865. The molecule has 0 unspecified atom stereocenters. The van der Waals surface area contributed by atoms with Crippen molar-refractivity contribution in [2.45, 2.75) is 5.92 Å². The van der Waals surface area contributed by atoms with Crippen LogP contribution in [-0.4, -0.2) is 25.5 Å². The smallest absolute Gasteiger partial charge is 0.251 e. The van der Waals surface area contributed by atoms with Crippen molar-refractivity contribution in [1.29, 1.82) is 5.26 Å². The fraction of sp³-hybridized carbons (Fsp3) is 0.263. The van der Waals surface area contributed by atoms with Gasteiger partial charge in [-0.2, -0.15) is 5.26 Å². The molecule has 0 saturated carbocycles. The third kappa shape index (κ3) is 2.77. The molecule has 2 heterocycles. The van der Waals surface area contributed by atoms with Crippen LogP contribution in [0.4, 0.5) is 0 Å². The minimum absolute atomic E-state index is 0. The first-order valence-corrected chi connectivity index (χ1v) is 7.89. The number of hydrogen-bond acceptors (Lipinski definition) is 3. The summed E-state index contributed by atoms with van der Waals surface area (Å²) in [6.45, 7) is 2.61. The maximum atomic E-state index is 12.5. The molecule has 2 aromatic rings. The van der Waals surface area contributed by atoms with Crippen molar-refractivity contribution >= 4 is 18.3 Å². The monoisotopic (exact) mass is 339 g/mol. The Morgan fingerprint density at radius 1 is 1.04 bits per heavy atom. The second-order valence-corrected chi connectivity index (χ2v) is 6.23. The SMILES string of the molecule is Cl.N#Cc1cccc(-c2ccc3c(c2)C(=O)NC[C@@H]2CNC[C@@H]32)c1. The molecule has 0 radical (unpaired) electrons. The van der Waals surface area contributed by atoms with E-state index in [4.69, 9.17) is 5.26 Å². The lowest BCUT2D eigenvalue weighted by Crippen LogP contribution is -2.28. The minimum Gasteiger partial charge on any atom is -0.352 e. The molecular weight excluding hydrogens is 322 g/mol. The quantitative estimate of drug-likeness (QED) is 0.839.